The predicted octanol–water partition coefficient (Wildman–Crippen LogP) is 2.38. The third-order valence-electron chi connectivity index (χ3n) is 4.78. The van der Waals surface area contributed by atoms with Gasteiger partial charge >= 0.3 is 0 Å². The summed E-state index contributed by atoms with van der Waals surface area (Å²) < 4.78 is 6.01. The lowest BCUT2D eigenvalue weighted by Gasteiger charge is -2.38. The maximum absolute atomic E-state index is 12.7. The first kappa shape index (κ1) is 17.0. The minimum atomic E-state index is -0.0984. The minimum absolute atomic E-state index is 0.00672. The van der Waals surface area contributed by atoms with E-state index in [1.165, 1.54) is 0 Å². The summed E-state index contributed by atoms with van der Waals surface area (Å²) in [5, 5.41) is 0. The Morgan fingerprint density at radius 1 is 1.17 bits per heavy atom. The largest absolute Gasteiger partial charge is 0.367 e. The van der Waals surface area contributed by atoms with Gasteiger partial charge in [-0.25, -0.2) is 0 Å². The molecule has 0 aromatic heterocycles. The van der Waals surface area contributed by atoms with Gasteiger partial charge in [0.25, 0.3) is 0 Å². The van der Waals surface area contributed by atoms with Crippen LogP contribution in [0.4, 0.5) is 0 Å². The van der Waals surface area contributed by atoms with E-state index in [0.717, 1.165) is 24.8 Å². The molecule has 2 atom stereocenters. The first-order valence-electron chi connectivity index (χ1n) is 8.89. The van der Waals surface area contributed by atoms with E-state index in [9.17, 15) is 9.59 Å². The van der Waals surface area contributed by atoms with Crippen molar-refractivity contribution in [2.75, 3.05) is 26.2 Å². The van der Waals surface area contributed by atoms with Crippen LogP contribution in [-0.4, -0.2) is 53.9 Å². The van der Waals surface area contributed by atoms with Gasteiger partial charge in [0.05, 0.1) is 19.2 Å². The molecule has 5 nitrogen and oxygen atoms in total. The highest BCUT2D eigenvalue weighted by Gasteiger charge is 2.30. The Morgan fingerprint density at radius 2 is 1.96 bits per heavy atom. The Kier molecular flexibility index (Phi) is 5.51. The predicted molar refractivity (Wildman–Crippen MR) is 91.4 cm³/mol. The van der Waals surface area contributed by atoms with Crippen LogP contribution in [0.3, 0.4) is 0 Å². The molecule has 2 fully saturated rings. The molecule has 0 spiro atoms. The molecule has 2 saturated heterocycles. The number of hydrogen-bond donors (Lipinski definition) is 0. The van der Waals surface area contributed by atoms with Crippen molar-refractivity contribution in [1.82, 2.24) is 9.80 Å². The van der Waals surface area contributed by atoms with Gasteiger partial charge in [-0.2, -0.15) is 0 Å². The van der Waals surface area contributed by atoms with Crippen molar-refractivity contribution in [3.05, 3.63) is 35.9 Å². The first-order valence-corrected chi connectivity index (χ1v) is 8.89. The number of morpholine rings is 1. The SMILES string of the molecule is CC1CN(C(=O)CN2CCCCCC2=O)CC(c2ccccc2)O1. The van der Waals surface area contributed by atoms with Crippen LogP contribution in [0.15, 0.2) is 30.3 Å². The van der Waals surface area contributed by atoms with Gasteiger partial charge in [0, 0.05) is 19.5 Å². The van der Waals surface area contributed by atoms with Crippen LogP contribution < -0.4 is 0 Å². The van der Waals surface area contributed by atoms with E-state index in [-0.39, 0.29) is 30.6 Å². The number of likely N-dealkylation sites (tertiary alicyclic amines) is 1. The lowest BCUT2D eigenvalue weighted by molar-refractivity contribution is -0.149. The lowest BCUT2D eigenvalue weighted by Crippen LogP contribution is -2.50. The molecule has 3 rings (SSSR count). The summed E-state index contributed by atoms with van der Waals surface area (Å²) in [5.74, 6) is 0.142. The molecule has 0 radical (unpaired) electrons. The first-order chi connectivity index (χ1) is 11.6. The molecule has 2 aliphatic rings. The van der Waals surface area contributed by atoms with E-state index >= 15 is 0 Å². The quantitative estimate of drug-likeness (QED) is 0.855. The van der Waals surface area contributed by atoms with Gasteiger partial charge in [-0.3, -0.25) is 9.59 Å². The normalized spacial score (nSPS) is 25.5. The molecule has 1 aromatic carbocycles. The number of benzene rings is 1. The average Bonchev–Trinajstić information content (AvgIpc) is 2.80. The zero-order valence-corrected chi connectivity index (χ0v) is 14.3. The van der Waals surface area contributed by atoms with Gasteiger partial charge < -0.3 is 14.5 Å². The zero-order chi connectivity index (χ0) is 16.9. The van der Waals surface area contributed by atoms with Crippen molar-refractivity contribution in [3.63, 3.8) is 0 Å². The van der Waals surface area contributed by atoms with Gasteiger partial charge in [0.1, 0.15) is 6.10 Å². The summed E-state index contributed by atoms with van der Waals surface area (Å²) in [4.78, 5) is 28.4. The smallest absolute Gasteiger partial charge is 0.242 e. The maximum atomic E-state index is 12.7. The topological polar surface area (TPSA) is 49.9 Å². The molecule has 0 saturated carbocycles. The average molecular weight is 330 g/mol. The van der Waals surface area contributed by atoms with Crippen molar-refractivity contribution < 1.29 is 14.3 Å². The molecule has 5 heteroatoms. The molecule has 2 amide bonds. The third kappa shape index (κ3) is 4.15. The maximum Gasteiger partial charge on any atom is 0.242 e. The Morgan fingerprint density at radius 3 is 2.75 bits per heavy atom. The molecule has 24 heavy (non-hydrogen) atoms. The van der Waals surface area contributed by atoms with Crippen molar-refractivity contribution in [2.24, 2.45) is 0 Å². The van der Waals surface area contributed by atoms with E-state index in [1.807, 2.05) is 42.2 Å². The van der Waals surface area contributed by atoms with Crippen LogP contribution in [0, 0.1) is 0 Å². The van der Waals surface area contributed by atoms with Gasteiger partial charge in [-0.1, -0.05) is 36.8 Å². The highest BCUT2D eigenvalue weighted by atomic mass is 16.5. The van der Waals surface area contributed by atoms with Crippen molar-refractivity contribution >= 4 is 11.8 Å². The summed E-state index contributed by atoms with van der Waals surface area (Å²) in [6.07, 6.45) is 3.46. The molecule has 0 aliphatic carbocycles. The second kappa shape index (κ2) is 7.79. The van der Waals surface area contributed by atoms with E-state index < -0.39 is 0 Å². The monoisotopic (exact) mass is 330 g/mol. The van der Waals surface area contributed by atoms with Crippen molar-refractivity contribution in [3.8, 4) is 0 Å². The number of amides is 2. The van der Waals surface area contributed by atoms with Gasteiger partial charge in [0.15, 0.2) is 0 Å². The molecular formula is C19H26N2O3. The van der Waals surface area contributed by atoms with Gasteiger partial charge in [0.2, 0.25) is 11.8 Å². The van der Waals surface area contributed by atoms with Crippen molar-refractivity contribution in [2.45, 2.75) is 44.8 Å². The van der Waals surface area contributed by atoms with Crippen LogP contribution >= 0.6 is 0 Å². The molecule has 2 unspecified atom stereocenters. The Labute approximate surface area is 143 Å². The van der Waals surface area contributed by atoms with Gasteiger partial charge in [-0.15, -0.1) is 0 Å². The summed E-state index contributed by atoms with van der Waals surface area (Å²) >= 11 is 0. The number of hydrogen-bond acceptors (Lipinski definition) is 3. The number of carbonyl (C=O) groups excluding carboxylic acids is 2. The summed E-state index contributed by atoms with van der Waals surface area (Å²) in [6, 6.07) is 10.0. The summed E-state index contributed by atoms with van der Waals surface area (Å²) in [5.41, 5.74) is 1.09. The van der Waals surface area contributed by atoms with E-state index in [2.05, 4.69) is 0 Å². The van der Waals surface area contributed by atoms with Crippen LogP contribution in [0.25, 0.3) is 0 Å². The number of ether oxygens (including phenoxy) is 1. The third-order valence-corrected chi connectivity index (χ3v) is 4.78. The van der Waals surface area contributed by atoms with Crippen LogP contribution in [0.5, 0.6) is 0 Å². The fourth-order valence-electron chi connectivity index (χ4n) is 3.48. The van der Waals surface area contributed by atoms with Crippen LogP contribution in [0.1, 0.15) is 44.3 Å². The highest BCUT2D eigenvalue weighted by molar-refractivity contribution is 5.85. The fraction of sp³-hybridized carbons (Fsp3) is 0.579. The summed E-state index contributed by atoms with van der Waals surface area (Å²) in [7, 11) is 0. The number of carbonyl (C=O) groups is 2. The van der Waals surface area contributed by atoms with Crippen molar-refractivity contribution in [1.29, 1.82) is 0 Å². The number of rotatable bonds is 3. The highest BCUT2D eigenvalue weighted by Crippen LogP contribution is 2.25. The molecule has 1 aromatic rings. The molecule has 130 valence electrons. The minimum Gasteiger partial charge on any atom is -0.367 e. The molecular weight excluding hydrogens is 304 g/mol. The molecule has 0 bridgehead atoms. The van der Waals surface area contributed by atoms with Gasteiger partial charge in [-0.05, 0) is 25.3 Å². The van der Waals surface area contributed by atoms with E-state index in [0.29, 0.717) is 26.1 Å². The second-order valence-electron chi connectivity index (χ2n) is 6.77. The second-order valence-corrected chi connectivity index (χ2v) is 6.77. The molecule has 2 aliphatic heterocycles. The Hall–Kier alpha value is -1.88. The van der Waals surface area contributed by atoms with E-state index in [4.69, 9.17) is 4.74 Å². The van der Waals surface area contributed by atoms with E-state index in [1.54, 1.807) is 4.90 Å². The standard InChI is InChI=1S/C19H26N2O3/c1-15-12-21(13-17(24-15)16-8-4-2-5-9-16)19(23)14-20-11-7-3-6-10-18(20)22/h2,4-5,8-9,15,17H,3,6-7,10-14H2,1H3. The molecule has 0 N–H and O–H groups in total. The van der Waals surface area contributed by atoms with Crippen LogP contribution in [0.2, 0.25) is 0 Å². The number of nitrogens with zero attached hydrogens (tertiary/aromatic N) is 2. The fourth-order valence-corrected chi connectivity index (χ4v) is 3.48. The molecule has 2 heterocycles. The Bertz CT molecular complexity index is 575. The summed E-state index contributed by atoms with van der Waals surface area (Å²) in [6.45, 7) is 4.03. The Balaban J connectivity index is 1.64. The van der Waals surface area contributed by atoms with Crippen LogP contribution in [-0.2, 0) is 14.3 Å². The lowest BCUT2D eigenvalue weighted by atomic mass is 10.1. The zero-order valence-electron chi connectivity index (χ0n) is 14.3.